The lowest BCUT2D eigenvalue weighted by Crippen LogP contribution is -2.32. The molecule has 0 fully saturated rings. The van der Waals surface area contributed by atoms with Gasteiger partial charge in [0.25, 0.3) is 5.91 Å². The van der Waals surface area contributed by atoms with Crippen LogP contribution in [0.1, 0.15) is 37.0 Å². The van der Waals surface area contributed by atoms with E-state index in [4.69, 9.17) is 0 Å². The van der Waals surface area contributed by atoms with Gasteiger partial charge in [0, 0.05) is 32.4 Å². The molecule has 0 spiro atoms. The number of carbonyl (C=O) groups is 1. The van der Waals surface area contributed by atoms with E-state index < -0.39 is 0 Å². The average molecular weight is 292 g/mol. The number of anilines is 1. The molecule has 5 heteroatoms. The van der Waals surface area contributed by atoms with Crippen molar-refractivity contribution in [1.82, 2.24) is 14.8 Å². The fraction of sp³-hybridized carbons (Fsp3) is 0.625. The minimum Gasteiger partial charge on any atom is -0.369 e. The monoisotopic (exact) mass is 292 g/mol. The minimum absolute atomic E-state index is 0.0750. The quantitative estimate of drug-likeness (QED) is 0.759. The number of pyridine rings is 1. The largest absolute Gasteiger partial charge is 0.369 e. The Morgan fingerprint density at radius 1 is 1.14 bits per heavy atom. The number of carbonyl (C=O) groups excluding carboxylic acids is 1. The van der Waals surface area contributed by atoms with E-state index in [0.29, 0.717) is 5.56 Å². The Hall–Kier alpha value is -1.62. The van der Waals surface area contributed by atoms with Crippen LogP contribution in [-0.4, -0.2) is 61.0 Å². The fourth-order valence-corrected chi connectivity index (χ4v) is 2.07. The van der Waals surface area contributed by atoms with Gasteiger partial charge in [-0.15, -0.1) is 0 Å². The van der Waals surface area contributed by atoms with Crippen LogP contribution in [0.5, 0.6) is 0 Å². The standard InChI is InChI=1S/C16H28N4O/c1-5-10-20(11-6-2)16(21)14-7-8-15(18-13-14)17-9-12-19(3)4/h7-8,13H,5-6,9-12H2,1-4H3,(H,17,18). The molecule has 5 nitrogen and oxygen atoms in total. The summed E-state index contributed by atoms with van der Waals surface area (Å²) in [5.74, 6) is 0.886. The second-order valence-electron chi connectivity index (χ2n) is 5.45. The molecule has 0 saturated carbocycles. The number of hydrogen-bond donors (Lipinski definition) is 1. The van der Waals surface area contributed by atoms with E-state index in [1.807, 2.05) is 31.1 Å². The summed E-state index contributed by atoms with van der Waals surface area (Å²) in [6.07, 6.45) is 3.62. The molecule has 0 aliphatic carbocycles. The van der Waals surface area contributed by atoms with Gasteiger partial charge < -0.3 is 15.1 Å². The molecular weight excluding hydrogens is 264 g/mol. The zero-order chi connectivity index (χ0) is 15.7. The van der Waals surface area contributed by atoms with Crippen LogP contribution in [0.3, 0.4) is 0 Å². The highest BCUT2D eigenvalue weighted by Gasteiger charge is 2.14. The molecule has 0 atom stereocenters. The lowest BCUT2D eigenvalue weighted by Gasteiger charge is -2.21. The van der Waals surface area contributed by atoms with Crippen LogP contribution in [0.2, 0.25) is 0 Å². The van der Waals surface area contributed by atoms with E-state index in [1.165, 1.54) is 0 Å². The van der Waals surface area contributed by atoms with E-state index in [0.717, 1.165) is 44.8 Å². The third-order valence-electron chi connectivity index (χ3n) is 3.15. The van der Waals surface area contributed by atoms with Gasteiger partial charge in [-0.3, -0.25) is 4.79 Å². The molecule has 0 bridgehead atoms. The molecule has 0 aromatic carbocycles. The van der Waals surface area contributed by atoms with Crippen LogP contribution in [0.4, 0.5) is 5.82 Å². The smallest absolute Gasteiger partial charge is 0.255 e. The molecule has 1 aromatic heterocycles. The third-order valence-corrected chi connectivity index (χ3v) is 3.15. The summed E-state index contributed by atoms with van der Waals surface area (Å²) in [6, 6.07) is 3.73. The number of nitrogens with zero attached hydrogens (tertiary/aromatic N) is 3. The molecule has 1 heterocycles. The number of likely N-dealkylation sites (N-methyl/N-ethyl adjacent to an activating group) is 1. The zero-order valence-corrected chi connectivity index (χ0v) is 13.7. The van der Waals surface area contributed by atoms with Crippen LogP contribution in [0, 0.1) is 0 Å². The van der Waals surface area contributed by atoms with Gasteiger partial charge in [-0.1, -0.05) is 13.8 Å². The second kappa shape index (κ2) is 9.34. The van der Waals surface area contributed by atoms with E-state index >= 15 is 0 Å². The molecule has 0 radical (unpaired) electrons. The van der Waals surface area contributed by atoms with Crippen molar-refractivity contribution in [3.63, 3.8) is 0 Å². The Morgan fingerprint density at radius 2 is 1.81 bits per heavy atom. The molecule has 21 heavy (non-hydrogen) atoms. The first-order chi connectivity index (χ1) is 10.1. The fourth-order valence-electron chi connectivity index (χ4n) is 2.07. The van der Waals surface area contributed by atoms with Gasteiger partial charge >= 0.3 is 0 Å². The zero-order valence-electron chi connectivity index (χ0n) is 13.7. The summed E-state index contributed by atoms with van der Waals surface area (Å²) in [4.78, 5) is 20.7. The van der Waals surface area contributed by atoms with Crippen molar-refractivity contribution in [3.05, 3.63) is 23.9 Å². The lowest BCUT2D eigenvalue weighted by molar-refractivity contribution is 0.0755. The van der Waals surface area contributed by atoms with Gasteiger partial charge in [-0.25, -0.2) is 4.98 Å². The Bertz CT molecular complexity index is 411. The van der Waals surface area contributed by atoms with Crippen molar-refractivity contribution < 1.29 is 4.79 Å². The molecule has 1 rings (SSSR count). The minimum atomic E-state index is 0.0750. The summed E-state index contributed by atoms with van der Waals surface area (Å²) < 4.78 is 0. The maximum absolute atomic E-state index is 12.4. The molecule has 1 N–H and O–H groups in total. The topological polar surface area (TPSA) is 48.5 Å². The Labute approximate surface area is 128 Å². The number of nitrogens with one attached hydrogen (secondary N) is 1. The summed E-state index contributed by atoms with van der Waals surface area (Å²) in [5, 5.41) is 3.24. The van der Waals surface area contributed by atoms with Crippen molar-refractivity contribution in [2.24, 2.45) is 0 Å². The Kier molecular flexibility index (Phi) is 7.75. The molecule has 0 unspecified atom stereocenters. The molecule has 0 saturated heterocycles. The first kappa shape index (κ1) is 17.4. The predicted octanol–water partition coefficient (Wildman–Crippen LogP) is 2.32. The summed E-state index contributed by atoms with van der Waals surface area (Å²) >= 11 is 0. The van der Waals surface area contributed by atoms with Crippen molar-refractivity contribution in [1.29, 1.82) is 0 Å². The Balaban J connectivity index is 2.61. The predicted molar refractivity (Wildman–Crippen MR) is 87.8 cm³/mol. The summed E-state index contributed by atoms with van der Waals surface area (Å²) in [5.41, 5.74) is 0.662. The molecular formula is C16H28N4O. The van der Waals surface area contributed by atoms with Gasteiger partial charge in [-0.2, -0.15) is 0 Å². The highest BCUT2D eigenvalue weighted by molar-refractivity contribution is 5.94. The van der Waals surface area contributed by atoms with Gasteiger partial charge in [0.15, 0.2) is 0 Å². The number of rotatable bonds is 9. The van der Waals surface area contributed by atoms with Crippen molar-refractivity contribution in [2.75, 3.05) is 45.6 Å². The first-order valence-corrected chi connectivity index (χ1v) is 7.72. The van der Waals surface area contributed by atoms with Crippen molar-refractivity contribution >= 4 is 11.7 Å². The lowest BCUT2D eigenvalue weighted by atomic mass is 10.2. The second-order valence-corrected chi connectivity index (χ2v) is 5.45. The summed E-state index contributed by atoms with van der Waals surface area (Å²) in [6.45, 7) is 7.57. The van der Waals surface area contributed by atoms with Gasteiger partial charge in [0.1, 0.15) is 5.82 Å². The van der Waals surface area contributed by atoms with Crippen molar-refractivity contribution in [2.45, 2.75) is 26.7 Å². The van der Waals surface area contributed by atoms with E-state index in [9.17, 15) is 4.79 Å². The van der Waals surface area contributed by atoms with Crippen LogP contribution in [0.15, 0.2) is 18.3 Å². The van der Waals surface area contributed by atoms with Gasteiger partial charge in [-0.05, 0) is 39.1 Å². The maximum atomic E-state index is 12.4. The highest BCUT2D eigenvalue weighted by atomic mass is 16.2. The van der Waals surface area contributed by atoms with E-state index in [2.05, 4.69) is 29.0 Å². The number of hydrogen-bond acceptors (Lipinski definition) is 4. The highest BCUT2D eigenvalue weighted by Crippen LogP contribution is 2.09. The maximum Gasteiger partial charge on any atom is 0.255 e. The third kappa shape index (κ3) is 6.12. The molecule has 1 aromatic rings. The van der Waals surface area contributed by atoms with Gasteiger partial charge in [0.2, 0.25) is 0 Å². The van der Waals surface area contributed by atoms with Crippen LogP contribution in [0.25, 0.3) is 0 Å². The summed E-state index contributed by atoms with van der Waals surface area (Å²) in [7, 11) is 4.07. The molecule has 0 aliphatic rings. The van der Waals surface area contributed by atoms with Crippen LogP contribution < -0.4 is 5.32 Å². The normalized spacial score (nSPS) is 10.7. The van der Waals surface area contributed by atoms with Crippen LogP contribution >= 0.6 is 0 Å². The van der Waals surface area contributed by atoms with Gasteiger partial charge in [0.05, 0.1) is 5.56 Å². The first-order valence-electron chi connectivity index (χ1n) is 7.72. The van der Waals surface area contributed by atoms with Crippen LogP contribution in [-0.2, 0) is 0 Å². The average Bonchev–Trinajstić information content (AvgIpc) is 2.47. The molecule has 1 amide bonds. The number of aromatic nitrogens is 1. The SMILES string of the molecule is CCCN(CCC)C(=O)c1ccc(NCCN(C)C)nc1. The van der Waals surface area contributed by atoms with E-state index in [-0.39, 0.29) is 5.91 Å². The van der Waals surface area contributed by atoms with E-state index in [1.54, 1.807) is 6.20 Å². The molecule has 0 aliphatic heterocycles. The Morgan fingerprint density at radius 3 is 2.29 bits per heavy atom. The molecule has 118 valence electrons. The van der Waals surface area contributed by atoms with Crippen molar-refractivity contribution in [3.8, 4) is 0 Å². The number of amides is 1.